The fraction of sp³-hybridized carbons (Fsp3) is 0.292. The van der Waals surface area contributed by atoms with Crippen molar-refractivity contribution in [3.05, 3.63) is 59.2 Å². The molecular weight excluding hydrogens is 424 g/mol. The quantitative estimate of drug-likeness (QED) is 0.432. The smallest absolute Gasteiger partial charge is 0.233 e. The third-order valence-electron chi connectivity index (χ3n) is 5.97. The summed E-state index contributed by atoms with van der Waals surface area (Å²) in [6, 6.07) is 14.2. The van der Waals surface area contributed by atoms with Crippen molar-refractivity contribution in [1.29, 1.82) is 0 Å². The van der Waals surface area contributed by atoms with Gasteiger partial charge in [-0.3, -0.25) is 9.20 Å². The number of pyridine rings is 1. The molecule has 0 fully saturated rings. The zero-order valence-corrected chi connectivity index (χ0v) is 19.1. The van der Waals surface area contributed by atoms with Gasteiger partial charge in [0.1, 0.15) is 0 Å². The third kappa shape index (κ3) is 3.54. The molecule has 0 bridgehead atoms. The fourth-order valence-corrected chi connectivity index (χ4v) is 5.14. The number of para-hydroxylation sites is 1. The number of hydrogen-bond acceptors (Lipinski definition) is 6. The molecule has 8 heteroatoms. The standard InChI is InChI=1S/C24H24N4O3S/c1-15-10-22-25-26-24(28(22)19-7-5-4-6-18(15)19)32-14-23(29)27-9-8-16-11-20(30-2)21(31-3)12-17(16)13-27/h4-7,10-12H,8-9,13-14H2,1-3H3. The molecule has 0 saturated heterocycles. The summed E-state index contributed by atoms with van der Waals surface area (Å²) in [6.45, 7) is 3.33. The molecule has 2 aromatic carbocycles. The molecule has 0 aliphatic carbocycles. The molecule has 164 valence electrons. The minimum atomic E-state index is 0.0867. The molecule has 0 radical (unpaired) electrons. The van der Waals surface area contributed by atoms with Crippen LogP contribution in [0.2, 0.25) is 0 Å². The van der Waals surface area contributed by atoms with Crippen LogP contribution in [-0.4, -0.2) is 51.9 Å². The normalized spacial score (nSPS) is 13.4. The van der Waals surface area contributed by atoms with Gasteiger partial charge in [0, 0.05) is 18.5 Å². The number of carbonyl (C=O) groups excluding carboxylic acids is 1. The van der Waals surface area contributed by atoms with E-state index in [0.717, 1.165) is 45.0 Å². The lowest BCUT2D eigenvalue weighted by molar-refractivity contribution is -0.129. The van der Waals surface area contributed by atoms with E-state index in [1.165, 1.54) is 17.3 Å². The van der Waals surface area contributed by atoms with Gasteiger partial charge in [0.15, 0.2) is 22.3 Å². The van der Waals surface area contributed by atoms with Crippen LogP contribution in [0.25, 0.3) is 16.6 Å². The SMILES string of the molecule is COc1cc2c(cc1OC)CN(C(=O)CSc1nnc3cc(C)c4ccccc4n13)CC2. The number of rotatable bonds is 5. The van der Waals surface area contributed by atoms with Crippen molar-refractivity contribution >= 4 is 34.2 Å². The number of aromatic nitrogens is 3. The summed E-state index contributed by atoms with van der Waals surface area (Å²) < 4.78 is 12.9. The van der Waals surface area contributed by atoms with Crippen LogP contribution in [0.15, 0.2) is 47.6 Å². The van der Waals surface area contributed by atoms with Crippen molar-refractivity contribution in [2.75, 3.05) is 26.5 Å². The van der Waals surface area contributed by atoms with E-state index in [2.05, 4.69) is 29.3 Å². The minimum absolute atomic E-state index is 0.0867. The molecule has 7 nitrogen and oxygen atoms in total. The van der Waals surface area contributed by atoms with Gasteiger partial charge >= 0.3 is 0 Å². The van der Waals surface area contributed by atoms with Gasteiger partial charge in [0.05, 0.1) is 25.5 Å². The molecular formula is C24H24N4O3S. The Hall–Kier alpha value is -3.26. The summed E-state index contributed by atoms with van der Waals surface area (Å²) in [6.07, 6.45) is 0.796. The molecule has 3 heterocycles. The first-order valence-electron chi connectivity index (χ1n) is 10.5. The number of nitrogens with zero attached hydrogens (tertiary/aromatic N) is 4. The maximum absolute atomic E-state index is 13.0. The van der Waals surface area contributed by atoms with Gasteiger partial charge in [0.25, 0.3) is 0 Å². The Balaban J connectivity index is 1.35. The molecule has 0 saturated carbocycles. The number of aryl methyl sites for hydroxylation is 1. The number of thioether (sulfide) groups is 1. The Morgan fingerprint density at radius 1 is 1.06 bits per heavy atom. The van der Waals surface area contributed by atoms with Crippen molar-refractivity contribution in [3.63, 3.8) is 0 Å². The third-order valence-corrected chi connectivity index (χ3v) is 6.88. The zero-order chi connectivity index (χ0) is 22.2. The lowest BCUT2D eigenvalue weighted by Gasteiger charge is -2.29. The van der Waals surface area contributed by atoms with Crippen LogP contribution in [0.1, 0.15) is 16.7 Å². The van der Waals surface area contributed by atoms with Gasteiger partial charge in [-0.25, -0.2) is 0 Å². The van der Waals surface area contributed by atoms with Crippen molar-refractivity contribution in [2.45, 2.75) is 25.0 Å². The molecule has 5 rings (SSSR count). The van der Waals surface area contributed by atoms with Crippen LogP contribution < -0.4 is 9.47 Å². The lowest BCUT2D eigenvalue weighted by atomic mass is 9.99. The zero-order valence-electron chi connectivity index (χ0n) is 18.3. The van der Waals surface area contributed by atoms with E-state index in [1.54, 1.807) is 14.2 Å². The molecule has 4 aromatic rings. The van der Waals surface area contributed by atoms with Gasteiger partial charge in [-0.15, -0.1) is 10.2 Å². The first-order valence-corrected chi connectivity index (χ1v) is 11.5. The van der Waals surface area contributed by atoms with Gasteiger partial charge in [-0.1, -0.05) is 30.0 Å². The Kier molecular flexibility index (Phi) is 5.38. The Morgan fingerprint density at radius 3 is 2.59 bits per heavy atom. The van der Waals surface area contributed by atoms with Crippen LogP contribution >= 0.6 is 11.8 Å². The van der Waals surface area contributed by atoms with E-state index in [4.69, 9.17) is 9.47 Å². The van der Waals surface area contributed by atoms with Gasteiger partial charge < -0.3 is 14.4 Å². The highest BCUT2D eigenvalue weighted by molar-refractivity contribution is 7.99. The van der Waals surface area contributed by atoms with Crippen LogP contribution in [0, 0.1) is 6.92 Å². The summed E-state index contributed by atoms with van der Waals surface area (Å²) in [5, 5.41) is 10.6. The monoisotopic (exact) mass is 448 g/mol. The minimum Gasteiger partial charge on any atom is -0.493 e. The first kappa shape index (κ1) is 20.6. The summed E-state index contributed by atoms with van der Waals surface area (Å²) in [5.74, 6) is 1.81. The predicted octanol–water partition coefficient (Wildman–Crippen LogP) is 3.89. The molecule has 0 N–H and O–H groups in total. The van der Waals surface area contributed by atoms with Crippen molar-refractivity contribution in [2.24, 2.45) is 0 Å². The van der Waals surface area contributed by atoms with E-state index in [0.29, 0.717) is 24.6 Å². The predicted molar refractivity (Wildman–Crippen MR) is 125 cm³/mol. The molecule has 0 unspecified atom stereocenters. The number of benzene rings is 2. The number of ether oxygens (including phenoxy) is 2. The highest BCUT2D eigenvalue weighted by Gasteiger charge is 2.23. The molecule has 1 aliphatic rings. The number of methoxy groups -OCH3 is 2. The molecule has 0 atom stereocenters. The summed E-state index contributed by atoms with van der Waals surface area (Å²) in [4.78, 5) is 14.9. The molecule has 2 aromatic heterocycles. The second kappa shape index (κ2) is 8.35. The number of hydrogen-bond donors (Lipinski definition) is 0. The van der Waals surface area contributed by atoms with E-state index < -0.39 is 0 Å². The lowest BCUT2D eigenvalue weighted by Crippen LogP contribution is -2.37. The fourth-order valence-electron chi connectivity index (χ4n) is 4.28. The second-order valence-corrected chi connectivity index (χ2v) is 8.79. The Bertz CT molecular complexity index is 1330. The van der Waals surface area contributed by atoms with E-state index in [1.807, 2.05) is 39.6 Å². The first-order chi connectivity index (χ1) is 15.6. The van der Waals surface area contributed by atoms with Gasteiger partial charge in [-0.2, -0.15) is 0 Å². The highest BCUT2D eigenvalue weighted by Crippen LogP contribution is 2.33. The Morgan fingerprint density at radius 2 is 1.81 bits per heavy atom. The van der Waals surface area contributed by atoms with Crippen molar-refractivity contribution in [3.8, 4) is 11.5 Å². The van der Waals surface area contributed by atoms with E-state index in [9.17, 15) is 4.79 Å². The summed E-state index contributed by atoms with van der Waals surface area (Å²) >= 11 is 1.43. The van der Waals surface area contributed by atoms with Crippen LogP contribution in [0.5, 0.6) is 11.5 Å². The highest BCUT2D eigenvalue weighted by atomic mass is 32.2. The second-order valence-electron chi connectivity index (χ2n) is 7.85. The van der Waals surface area contributed by atoms with Crippen molar-refractivity contribution < 1.29 is 14.3 Å². The molecule has 32 heavy (non-hydrogen) atoms. The summed E-state index contributed by atoms with van der Waals surface area (Å²) in [7, 11) is 3.26. The number of amides is 1. The van der Waals surface area contributed by atoms with E-state index >= 15 is 0 Å². The Labute approximate surface area is 190 Å². The average Bonchev–Trinajstić information content (AvgIpc) is 3.24. The molecule has 1 aliphatic heterocycles. The molecule has 0 spiro atoms. The molecule has 1 amide bonds. The van der Waals surface area contributed by atoms with Crippen LogP contribution in [-0.2, 0) is 17.8 Å². The maximum Gasteiger partial charge on any atom is 0.233 e. The maximum atomic E-state index is 13.0. The average molecular weight is 449 g/mol. The number of fused-ring (bicyclic) bond motifs is 4. The number of carbonyl (C=O) groups is 1. The topological polar surface area (TPSA) is 69.0 Å². The van der Waals surface area contributed by atoms with Crippen LogP contribution in [0.4, 0.5) is 0 Å². The largest absolute Gasteiger partial charge is 0.493 e. The van der Waals surface area contributed by atoms with Crippen molar-refractivity contribution in [1.82, 2.24) is 19.5 Å². The van der Waals surface area contributed by atoms with Gasteiger partial charge in [0.2, 0.25) is 5.91 Å². The van der Waals surface area contributed by atoms with E-state index in [-0.39, 0.29) is 5.91 Å². The van der Waals surface area contributed by atoms with Crippen LogP contribution in [0.3, 0.4) is 0 Å². The summed E-state index contributed by atoms with van der Waals surface area (Å²) in [5.41, 5.74) is 5.30. The van der Waals surface area contributed by atoms with Gasteiger partial charge in [-0.05, 0) is 54.3 Å².